The van der Waals surface area contributed by atoms with Crippen molar-refractivity contribution >= 4 is 11.8 Å². The molecule has 3 N–H and O–H groups in total. The highest BCUT2D eigenvalue weighted by atomic mass is 16.4. The second-order valence-corrected chi connectivity index (χ2v) is 2.35. The minimum absolute atomic E-state index is 0.115. The number of carboxylic acids is 1. The zero-order valence-corrected chi connectivity index (χ0v) is 6.69. The molecular formula is C6H10N4O2. The summed E-state index contributed by atoms with van der Waals surface area (Å²) in [6.07, 6.45) is 0.840. The largest absolute Gasteiger partial charge is 0.476 e. The van der Waals surface area contributed by atoms with Crippen LogP contribution in [0.2, 0.25) is 0 Å². The standard InChI is InChI=1S/C6H10N4O2/c1-2-3-10-5(7)4(6(11)12)8-9-10/h2-3,7H2,1H3,(H,11,12). The molecule has 0 aliphatic carbocycles. The smallest absolute Gasteiger partial charge is 0.360 e. The predicted octanol–water partition coefficient (Wildman–Crippen LogP) is -0.0315. The van der Waals surface area contributed by atoms with E-state index in [-0.39, 0.29) is 11.5 Å². The lowest BCUT2D eigenvalue weighted by Crippen LogP contribution is -2.07. The van der Waals surface area contributed by atoms with Gasteiger partial charge in [0.15, 0.2) is 5.82 Å². The number of hydrogen-bond donors (Lipinski definition) is 2. The van der Waals surface area contributed by atoms with Crippen molar-refractivity contribution in [2.45, 2.75) is 19.9 Å². The Bertz CT molecular complexity index is 294. The van der Waals surface area contributed by atoms with Crippen molar-refractivity contribution in [3.8, 4) is 0 Å². The molecule has 0 fully saturated rings. The van der Waals surface area contributed by atoms with Crippen LogP contribution in [0.5, 0.6) is 0 Å². The summed E-state index contributed by atoms with van der Waals surface area (Å²) in [4.78, 5) is 10.4. The Morgan fingerprint density at radius 3 is 2.83 bits per heavy atom. The molecule has 12 heavy (non-hydrogen) atoms. The van der Waals surface area contributed by atoms with E-state index >= 15 is 0 Å². The van der Waals surface area contributed by atoms with E-state index in [1.165, 1.54) is 4.68 Å². The van der Waals surface area contributed by atoms with E-state index in [0.717, 1.165) is 6.42 Å². The molecule has 0 unspecified atom stereocenters. The summed E-state index contributed by atoms with van der Waals surface area (Å²) in [6, 6.07) is 0. The lowest BCUT2D eigenvalue weighted by Gasteiger charge is -1.97. The molecule has 0 aliphatic rings. The van der Waals surface area contributed by atoms with Crippen molar-refractivity contribution in [3.05, 3.63) is 5.69 Å². The van der Waals surface area contributed by atoms with Gasteiger partial charge in [-0.2, -0.15) is 0 Å². The summed E-state index contributed by atoms with van der Waals surface area (Å²) < 4.78 is 1.38. The molecule has 1 aromatic heterocycles. The molecule has 0 bridgehead atoms. The molecule has 0 aromatic carbocycles. The molecule has 0 saturated carbocycles. The summed E-state index contributed by atoms with van der Waals surface area (Å²) >= 11 is 0. The van der Waals surface area contributed by atoms with Gasteiger partial charge in [-0.15, -0.1) is 5.10 Å². The van der Waals surface area contributed by atoms with Crippen LogP contribution in [0.4, 0.5) is 5.82 Å². The van der Waals surface area contributed by atoms with Gasteiger partial charge >= 0.3 is 5.97 Å². The highest BCUT2D eigenvalue weighted by Gasteiger charge is 2.14. The number of nitrogens with two attached hydrogens (primary N) is 1. The van der Waals surface area contributed by atoms with Gasteiger partial charge in [0.2, 0.25) is 5.69 Å². The second-order valence-electron chi connectivity index (χ2n) is 2.35. The van der Waals surface area contributed by atoms with Gasteiger partial charge in [0.05, 0.1) is 0 Å². The number of aromatic carboxylic acids is 1. The quantitative estimate of drug-likeness (QED) is 0.664. The maximum atomic E-state index is 10.4. The number of carbonyl (C=O) groups is 1. The second kappa shape index (κ2) is 3.21. The van der Waals surface area contributed by atoms with Crippen LogP contribution in [0.15, 0.2) is 0 Å². The Balaban J connectivity index is 2.96. The molecule has 0 saturated heterocycles. The van der Waals surface area contributed by atoms with Crippen molar-refractivity contribution in [3.63, 3.8) is 0 Å². The first kappa shape index (κ1) is 8.51. The number of aryl methyl sites for hydroxylation is 1. The third kappa shape index (κ3) is 1.36. The summed E-state index contributed by atoms with van der Waals surface area (Å²) in [5.41, 5.74) is 5.27. The number of hydrogen-bond acceptors (Lipinski definition) is 4. The SMILES string of the molecule is CCCn1nnc(C(=O)O)c1N. The van der Waals surface area contributed by atoms with Crippen molar-refractivity contribution in [1.29, 1.82) is 0 Å². The summed E-state index contributed by atoms with van der Waals surface area (Å²) in [6.45, 7) is 2.54. The zero-order valence-electron chi connectivity index (χ0n) is 6.69. The maximum Gasteiger partial charge on any atom is 0.360 e. The topological polar surface area (TPSA) is 94.0 Å². The van der Waals surface area contributed by atoms with Crippen LogP contribution in [-0.2, 0) is 6.54 Å². The first-order valence-corrected chi connectivity index (χ1v) is 3.59. The van der Waals surface area contributed by atoms with Crippen LogP contribution in [0.3, 0.4) is 0 Å². The van der Waals surface area contributed by atoms with E-state index in [9.17, 15) is 4.79 Å². The van der Waals surface area contributed by atoms with E-state index in [2.05, 4.69) is 10.3 Å². The van der Waals surface area contributed by atoms with Crippen LogP contribution in [-0.4, -0.2) is 26.1 Å². The number of anilines is 1. The summed E-state index contributed by atoms with van der Waals surface area (Å²) in [5, 5.41) is 15.6. The van der Waals surface area contributed by atoms with Gasteiger partial charge in [0.25, 0.3) is 0 Å². The highest BCUT2D eigenvalue weighted by molar-refractivity contribution is 5.90. The molecule has 6 nitrogen and oxygen atoms in total. The fraction of sp³-hybridized carbons (Fsp3) is 0.500. The fourth-order valence-corrected chi connectivity index (χ4v) is 0.850. The molecule has 0 amide bonds. The van der Waals surface area contributed by atoms with Crippen LogP contribution in [0, 0.1) is 0 Å². The van der Waals surface area contributed by atoms with Crippen molar-refractivity contribution in [1.82, 2.24) is 15.0 Å². The molecule has 0 spiro atoms. The monoisotopic (exact) mass is 170 g/mol. The Hall–Kier alpha value is -1.59. The Morgan fingerprint density at radius 2 is 2.42 bits per heavy atom. The lowest BCUT2D eigenvalue weighted by molar-refractivity contribution is 0.0691. The zero-order chi connectivity index (χ0) is 9.14. The number of nitrogens with zero attached hydrogens (tertiary/aromatic N) is 3. The fourth-order valence-electron chi connectivity index (χ4n) is 0.850. The molecule has 0 atom stereocenters. The molecule has 0 aliphatic heterocycles. The average molecular weight is 170 g/mol. The molecule has 6 heteroatoms. The van der Waals surface area contributed by atoms with Crippen LogP contribution >= 0.6 is 0 Å². The first-order chi connectivity index (χ1) is 5.66. The van der Waals surface area contributed by atoms with Gasteiger partial charge in [0.1, 0.15) is 0 Å². The van der Waals surface area contributed by atoms with Gasteiger partial charge in [-0.1, -0.05) is 12.1 Å². The highest BCUT2D eigenvalue weighted by Crippen LogP contribution is 2.07. The van der Waals surface area contributed by atoms with Crippen molar-refractivity contribution in [2.24, 2.45) is 0 Å². The Labute approximate surface area is 69.0 Å². The van der Waals surface area contributed by atoms with E-state index in [0.29, 0.717) is 6.54 Å². The van der Waals surface area contributed by atoms with Gasteiger partial charge in [-0.25, -0.2) is 9.48 Å². The molecular weight excluding hydrogens is 160 g/mol. The summed E-state index contributed by atoms with van der Waals surface area (Å²) in [7, 11) is 0. The van der Waals surface area contributed by atoms with Gasteiger partial charge in [-0.3, -0.25) is 0 Å². The van der Waals surface area contributed by atoms with E-state index < -0.39 is 5.97 Å². The van der Waals surface area contributed by atoms with Gasteiger partial charge in [0, 0.05) is 6.54 Å². The molecule has 66 valence electrons. The molecule has 1 heterocycles. The first-order valence-electron chi connectivity index (χ1n) is 3.59. The average Bonchev–Trinajstić information content (AvgIpc) is 2.34. The van der Waals surface area contributed by atoms with E-state index in [4.69, 9.17) is 10.8 Å². The molecule has 1 rings (SSSR count). The van der Waals surface area contributed by atoms with E-state index in [1.807, 2.05) is 6.92 Å². The van der Waals surface area contributed by atoms with E-state index in [1.54, 1.807) is 0 Å². The minimum atomic E-state index is -1.14. The lowest BCUT2D eigenvalue weighted by atomic mass is 10.4. The van der Waals surface area contributed by atoms with Crippen molar-refractivity contribution < 1.29 is 9.90 Å². The number of rotatable bonds is 3. The van der Waals surface area contributed by atoms with Crippen molar-refractivity contribution in [2.75, 3.05) is 5.73 Å². The van der Waals surface area contributed by atoms with Crippen LogP contribution in [0.25, 0.3) is 0 Å². The third-order valence-corrected chi connectivity index (χ3v) is 1.41. The third-order valence-electron chi connectivity index (χ3n) is 1.41. The van der Waals surface area contributed by atoms with Gasteiger partial charge < -0.3 is 10.8 Å². The normalized spacial score (nSPS) is 10.1. The van der Waals surface area contributed by atoms with Gasteiger partial charge in [-0.05, 0) is 6.42 Å². The maximum absolute atomic E-state index is 10.4. The minimum Gasteiger partial charge on any atom is -0.476 e. The predicted molar refractivity (Wildman–Crippen MR) is 41.7 cm³/mol. The molecule has 0 radical (unpaired) electrons. The Kier molecular flexibility index (Phi) is 2.27. The molecule has 1 aromatic rings. The summed E-state index contributed by atoms with van der Waals surface area (Å²) in [5.74, 6) is -1.03. The number of nitrogen functional groups attached to an aromatic ring is 1. The Morgan fingerprint density at radius 1 is 1.75 bits per heavy atom. The van der Waals surface area contributed by atoms with Crippen LogP contribution in [0.1, 0.15) is 23.8 Å². The number of aromatic nitrogens is 3. The van der Waals surface area contributed by atoms with Crippen LogP contribution < -0.4 is 5.73 Å². The number of carboxylic acid groups (broad SMARTS) is 1.